The van der Waals surface area contributed by atoms with E-state index in [1.807, 2.05) is 0 Å². The fourth-order valence-electron chi connectivity index (χ4n) is 3.06. The Bertz CT molecular complexity index is 790. The first-order valence-corrected chi connectivity index (χ1v) is 10.4. The Labute approximate surface area is 181 Å². The molecule has 0 saturated heterocycles. The molecule has 0 atom stereocenters. The molecule has 0 aromatic heterocycles. The molecule has 1 aliphatic rings. The van der Waals surface area contributed by atoms with Crippen molar-refractivity contribution in [2.75, 3.05) is 7.11 Å². The second kappa shape index (κ2) is 11.9. The second-order valence-corrected chi connectivity index (χ2v) is 7.80. The van der Waals surface area contributed by atoms with Gasteiger partial charge in [-0.3, -0.25) is 0 Å². The van der Waals surface area contributed by atoms with Crippen LogP contribution in [0.5, 0.6) is 11.5 Å². The summed E-state index contributed by atoms with van der Waals surface area (Å²) in [5, 5.41) is 11.2. The van der Waals surface area contributed by atoms with E-state index in [0.717, 1.165) is 11.6 Å². The van der Waals surface area contributed by atoms with Crippen molar-refractivity contribution in [3.05, 3.63) is 57.6 Å². The van der Waals surface area contributed by atoms with Crippen LogP contribution in [-0.2, 0) is 17.8 Å². The Hall–Kier alpha value is -1.95. The third-order valence-corrected chi connectivity index (χ3v) is 5.64. The van der Waals surface area contributed by atoms with Crippen LogP contribution in [0.15, 0.2) is 36.4 Å². The third kappa shape index (κ3) is 7.77. The van der Waals surface area contributed by atoms with E-state index in [1.54, 1.807) is 36.4 Å². The molecule has 0 bridgehead atoms. The van der Waals surface area contributed by atoms with Gasteiger partial charge in [0.1, 0.15) is 23.1 Å². The zero-order valence-electron chi connectivity index (χ0n) is 16.6. The van der Waals surface area contributed by atoms with E-state index >= 15 is 0 Å². The van der Waals surface area contributed by atoms with Gasteiger partial charge in [-0.1, -0.05) is 47.8 Å². The quantitative estimate of drug-likeness (QED) is 0.746. The predicted octanol–water partition coefficient (Wildman–Crippen LogP) is 3.43. The molecule has 0 spiro atoms. The number of carbonyl (C=O) groups is 1. The van der Waals surface area contributed by atoms with Crippen molar-refractivity contribution in [1.82, 2.24) is 0 Å². The molecule has 2 aromatic rings. The summed E-state index contributed by atoms with van der Waals surface area (Å²) in [6.45, 7) is 0.238. The lowest BCUT2D eigenvalue weighted by atomic mass is 9.97. The number of hydrogen-bond donors (Lipinski definition) is 1. The molecular weight excluding hydrogens is 413 g/mol. The highest BCUT2D eigenvalue weighted by Crippen LogP contribution is 2.34. The standard InChI is InChI=1S/C16H14Cl2O4.C6H13N/c1-21-13-7-4-11(15(17)16(13)18)9-22-12-5-2-10(3-6-12)8-14(19)20;7-6-4-2-1-3-5-6/h2-7H,8-9H2,1H3,(H,19,20);6H,1-5,7H2. The van der Waals surface area contributed by atoms with Crippen molar-refractivity contribution in [1.29, 1.82) is 0 Å². The summed E-state index contributed by atoms with van der Waals surface area (Å²) < 4.78 is 10.7. The largest absolute Gasteiger partial charge is 0.550 e. The van der Waals surface area contributed by atoms with Crippen LogP contribution in [0.3, 0.4) is 0 Å². The molecule has 0 radical (unpaired) electrons. The molecule has 1 fully saturated rings. The van der Waals surface area contributed by atoms with Gasteiger partial charge in [-0.25, -0.2) is 0 Å². The van der Waals surface area contributed by atoms with Gasteiger partial charge >= 0.3 is 0 Å². The number of rotatable bonds is 6. The van der Waals surface area contributed by atoms with Crippen LogP contribution >= 0.6 is 23.2 Å². The van der Waals surface area contributed by atoms with Crippen molar-refractivity contribution in [2.45, 2.75) is 51.2 Å². The SMILES string of the molecule is COc1ccc(COc2ccc(CC(=O)[O-])cc2)c(Cl)c1Cl.[NH3+]C1CCCCC1. The molecular formula is C22H27Cl2NO4. The number of methoxy groups -OCH3 is 1. The van der Waals surface area contributed by atoms with E-state index in [1.165, 1.54) is 39.2 Å². The molecule has 1 saturated carbocycles. The Morgan fingerprint density at radius 2 is 1.72 bits per heavy atom. The summed E-state index contributed by atoms with van der Waals surface area (Å²) in [7, 11) is 1.52. The van der Waals surface area contributed by atoms with Crippen molar-refractivity contribution < 1.29 is 25.1 Å². The number of benzene rings is 2. The fourth-order valence-corrected chi connectivity index (χ4v) is 3.53. The lowest BCUT2D eigenvalue weighted by Gasteiger charge is -2.12. The Morgan fingerprint density at radius 1 is 1.07 bits per heavy atom. The number of aliphatic carboxylic acids is 1. The van der Waals surface area contributed by atoms with Gasteiger partial charge < -0.3 is 25.1 Å². The minimum absolute atomic E-state index is 0.125. The Morgan fingerprint density at radius 3 is 2.24 bits per heavy atom. The topological polar surface area (TPSA) is 86.2 Å². The monoisotopic (exact) mass is 439 g/mol. The second-order valence-electron chi connectivity index (χ2n) is 7.04. The van der Waals surface area contributed by atoms with E-state index in [4.69, 9.17) is 32.7 Å². The summed E-state index contributed by atoms with van der Waals surface area (Å²) in [4.78, 5) is 10.5. The average Bonchev–Trinajstić information content (AvgIpc) is 2.71. The smallest absolute Gasteiger partial charge is 0.139 e. The molecule has 2 aromatic carbocycles. The molecule has 0 heterocycles. The van der Waals surface area contributed by atoms with E-state index in [0.29, 0.717) is 27.1 Å². The van der Waals surface area contributed by atoms with E-state index < -0.39 is 5.97 Å². The molecule has 1 aliphatic carbocycles. The first kappa shape index (κ1) is 23.3. The predicted molar refractivity (Wildman–Crippen MR) is 112 cm³/mol. The summed E-state index contributed by atoms with van der Waals surface area (Å²) in [5.41, 5.74) is 5.38. The molecule has 5 nitrogen and oxygen atoms in total. The number of carbonyl (C=O) groups excluding carboxylic acids is 1. The van der Waals surface area contributed by atoms with E-state index in [-0.39, 0.29) is 13.0 Å². The molecule has 3 N–H and O–H groups in total. The van der Waals surface area contributed by atoms with Crippen molar-refractivity contribution in [2.24, 2.45) is 0 Å². The van der Waals surface area contributed by atoms with Crippen LogP contribution in [0, 0.1) is 0 Å². The van der Waals surface area contributed by atoms with Crippen molar-refractivity contribution >= 4 is 29.2 Å². The first-order chi connectivity index (χ1) is 13.9. The number of quaternary nitrogens is 1. The fraction of sp³-hybridized carbons (Fsp3) is 0.409. The van der Waals surface area contributed by atoms with Crippen LogP contribution in [0.4, 0.5) is 0 Å². The van der Waals surface area contributed by atoms with E-state index in [2.05, 4.69) is 5.73 Å². The molecule has 29 heavy (non-hydrogen) atoms. The molecule has 0 aliphatic heterocycles. The molecule has 3 rings (SSSR count). The van der Waals surface area contributed by atoms with Gasteiger partial charge in [0.15, 0.2) is 0 Å². The molecule has 158 valence electrons. The van der Waals surface area contributed by atoms with Gasteiger partial charge in [-0.2, -0.15) is 0 Å². The molecule has 0 unspecified atom stereocenters. The van der Waals surface area contributed by atoms with Crippen LogP contribution in [0.2, 0.25) is 10.0 Å². The zero-order valence-corrected chi connectivity index (χ0v) is 18.1. The maximum atomic E-state index is 10.5. The number of carboxylic acids is 1. The van der Waals surface area contributed by atoms with Gasteiger partial charge in [0.25, 0.3) is 0 Å². The average molecular weight is 440 g/mol. The number of ether oxygens (including phenoxy) is 2. The number of carboxylic acid groups (broad SMARTS) is 1. The van der Waals surface area contributed by atoms with Gasteiger partial charge in [0, 0.05) is 18.0 Å². The maximum absolute atomic E-state index is 10.5. The van der Waals surface area contributed by atoms with Gasteiger partial charge in [-0.05, 0) is 49.4 Å². The van der Waals surface area contributed by atoms with Gasteiger partial charge in [-0.15, -0.1) is 0 Å². The Kier molecular flexibility index (Phi) is 9.58. The molecule has 0 amide bonds. The summed E-state index contributed by atoms with van der Waals surface area (Å²) in [5.74, 6) is -0.0134. The van der Waals surface area contributed by atoms with Crippen molar-refractivity contribution in [3.63, 3.8) is 0 Å². The summed E-state index contributed by atoms with van der Waals surface area (Å²) in [6.07, 6.45) is 6.93. The minimum Gasteiger partial charge on any atom is -0.550 e. The normalized spacial score (nSPS) is 13.9. The highest BCUT2D eigenvalue weighted by atomic mass is 35.5. The highest BCUT2D eigenvalue weighted by molar-refractivity contribution is 6.43. The summed E-state index contributed by atoms with van der Waals surface area (Å²) >= 11 is 12.2. The lowest BCUT2D eigenvalue weighted by molar-refractivity contribution is -0.425. The van der Waals surface area contributed by atoms with Crippen LogP contribution in [0.1, 0.15) is 43.2 Å². The summed E-state index contributed by atoms with van der Waals surface area (Å²) in [6, 6.07) is 11.0. The first-order valence-electron chi connectivity index (χ1n) is 9.66. The van der Waals surface area contributed by atoms with E-state index in [9.17, 15) is 9.90 Å². The zero-order chi connectivity index (χ0) is 21.2. The van der Waals surface area contributed by atoms with Crippen LogP contribution in [-0.4, -0.2) is 19.1 Å². The van der Waals surface area contributed by atoms with Gasteiger partial charge in [0.05, 0.1) is 18.2 Å². The third-order valence-electron chi connectivity index (χ3n) is 4.74. The van der Waals surface area contributed by atoms with Crippen molar-refractivity contribution in [3.8, 4) is 11.5 Å². The van der Waals surface area contributed by atoms with Gasteiger partial charge in [0.2, 0.25) is 0 Å². The van der Waals surface area contributed by atoms with Crippen LogP contribution < -0.4 is 20.3 Å². The number of hydrogen-bond acceptors (Lipinski definition) is 4. The maximum Gasteiger partial charge on any atom is 0.139 e. The number of halogens is 2. The lowest BCUT2D eigenvalue weighted by Crippen LogP contribution is -2.61. The minimum atomic E-state index is -1.12. The van der Waals surface area contributed by atoms with Crippen LogP contribution in [0.25, 0.3) is 0 Å². The Balaban J connectivity index is 0.000000360. The highest BCUT2D eigenvalue weighted by Gasteiger charge is 2.11. The molecule has 7 heteroatoms.